The number of aryl methyl sites for hydroxylation is 2. The van der Waals surface area contributed by atoms with Gasteiger partial charge in [-0.15, -0.1) is 0 Å². The molecule has 0 N–H and O–H groups in total. The summed E-state index contributed by atoms with van der Waals surface area (Å²) < 4.78 is 1.50. The molecule has 0 fully saturated rings. The number of rotatable bonds is 5. The van der Waals surface area contributed by atoms with Crippen molar-refractivity contribution in [1.29, 1.82) is 0 Å². The summed E-state index contributed by atoms with van der Waals surface area (Å²) >= 11 is 5.16. The first-order chi connectivity index (χ1) is 7.00. The fourth-order valence-electron chi connectivity index (χ4n) is 1.18. The van der Waals surface area contributed by atoms with E-state index in [2.05, 4.69) is 5.10 Å². The van der Waals surface area contributed by atoms with E-state index in [1.165, 1.54) is 10.7 Å². The average Bonchev–Trinajstić information content (AvgIpc) is 2.47. The van der Waals surface area contributed by atoms with Crippen molar-refractivity contribution in [3.8, 4) is 0 Å². The van der Waals surface area contributed by atoms with Gasteiger partial charge in [0.05, 0.1) is 23.4 Å². The molecule has 0 saturated heterocycles. The normalized spacial score (nSPS) is 10.3. The number of nitrogens with zero attached hydrogens (tertiary/aromatic N) is 3. The van der Waals surface area contributed by atoms with Crippen LogP contribution in [0.4, 0.5) is 5.82 Å². The Hall–Kier alpha value is -1.43. The van der Waals surface area contributed by atoms with Crippen molar-refractivity contribution in [2.75, 3.05) is 0 Å². The maximum Gasteiger partial charge on any atom is 0.390 e. The van der Waals surface area contributed by atoms with Crippen LogP contribution < -0.4 is 0 Å². The highest BCUT2D eigenvalue weighted by atomic mass is 35.5. The van der Waals surface area contributed by atoms with Crippen LogP contribution in [0.2, 0.25) is 0 Å². The second-order valence-electron chi connectivity index (χ2n) is 3.08. The third kappa shape index (κ3) is 3.32. The van der Waals surface area contributed by atoms with Crippen LogP contribution in [-0.2, 0) is 11.3 Å². The Morgan fingerprint density at radius 3 is 2.87 bits per heavy atom. The summed E-state index contributed by atoms with van der Waals surface area (Å²) in [5, 5.41) is 13.8. The molecule has 1 rings (SSSR count). The van der Waals surface area contributed by atoms with Crippen LogP contribution in [-0.4, -0.2) is 19.9 Å². The minimum atomic E-state index is -0.545. The number of carbonyl (C=O) groups is 1. The van der Waals surface area contributed by atoms with Gasteiger partial charge in [-0.05, 0) is 29.9 Å². The van der Waals surface area contributed by atoms with Gasteiger partial charge in [-0.3, -0.25) is 4.79 Å². The van der Waals surface area contributed by atoms with Gasteiger partial charge in [0.1, 0.15) is 0 Å². The number of halogens is 1. The Balaban J connectivity index is 2.61. The molecule has 0 aliphatic rings. The van der Waals surface area contributed by atoms with Crippen molar-refractivity contribution < 1.29 is 9.72 Å². The van der Waals surface area contributed by atoms with Crippen LogP contribution in [0, 0.1) is 17.0 Å². The molecule has 0 aliphatic carbocycles. The molecule has 0 aliphatic heterocycles. The van der Waals surface area contributed by atoms with E-state index in [0.29, 0.717) is 18.7 Å². The van der Waals surface area contributed by atoms with Crippen LogP contribution in [0.15, 0.2) is 6.07 Å². The summed E-state index contributed by atoms with van der Waals surface area (Å²) in [5.41, 5.74) is 0.698. The van der Waals surface area contributed by atoms with E-state index in [1.54, 1.807) is 6.92 Å². The molecule has 0 bridgehead atoms. The van der Waals surface area contributed by atoms with E-state index in [4.69, 9.17) is 11.6 Å². The van der Waals surface area contributed by atoms with E-state index in [9.17, 15) is 14.9 Å². The Morgan fingerprint density at radius 1 is 1.73 bits per heavy atom. The van der Waals surface area contributed by atoms with Crippen molar-refractivity contribution in [1.82, 2.24) is 9.78 Å². The van der Waals surface area contributed by atoms with Gasteiger partial charge in [-0.1, -0.05) is 0 Å². The van der Waals surface area contributed by atoms with E-state index in [-0.39, 0.29) is 12.2 Å². The molecule has 0 unspecified atom stereocenters. The summed E-state index contributed by atoms with van der Waals surface area (Å²) in [6.45, 7) is 2.18. The van der Waals surface area contributed by atoms with Gasteiger partial charge in [0, 0.05) is 6.42 Å². The zero-order valence-corrected chi connectivity index (χ0v) is 8.90. The van der Waals surface area contributed by atoms with Crippen molar-refractivity contribution in [3.05, 3.63) is 21.9 Å². The van der Waals surface area contributed by atoms with Gasteiger partial charge in [0.15, 0.2) is 0 Å². The van der Waals surface area contributed by atoms with Gasteiger partial charge >= 0.3 is 5.82 Å². The molecule has 82 valence electrons. The maximum absolute atomic E-state index is 10.5. The fourth-order valence-corrected chi connectivity index (χ4v) is 1.31. The van der Waals surface area contributed by atoms with Crippen molar-refractivity contribution >= 4 is 22.7 Å². The highest BCUT2D eigenvalue weighted by molar-refractivity contribution is 6.63. The first-order valence-corrected chi connectivity index (χ1v) is 4.75. The highest BCUT2D eigenvalue weighted by Crippen LogP contribution is 2.11. The Labute approximate surface area is 91.0 Å². The minimum absolute atomic E-state index is 0.176. The lowest BCUT2D eigenvalue weighted by atomic mass is 10.3. The van der Waals surface area contributed by atoms with E-state index < -0.39 is 10.2 Å². The van der Waals surface area contributed by atoms with E-state index >= 15 is 0 Å². The van der Waals surface area contributed by atoms with Crippen LogP contribution >= 0.6 is 11.6 Å². The standard InChI is InChI=1S/C8H10ClN3O3/c1-6-5-8(12(14)15)10-11(6)4-2-3-7(9)13/h5H,2-4H2,1H3. The highest BCUT2D eigenvalue weighted by Gasteiger charge is 2.14. The van der Waals surface area contributed by atoms with Crippen LogP contribution in [0.1, 0.15) is 18.5 Å². The summed E-state index contributed by atoms with van der Waals surface area (Å²) in [4.78, 5) is 20.3. The van der Waals surface area contributed by atoms with Crippen molar-refractivity contribution in [2.24, 2.45) is 0 Å². The van der Waals surface area contributed by atoms with Crippen molar-refractivity contribution in [2.45, 2.75) is 26.3 Å². The SMILES string of the molecule is Cc1cc([N+](=O)[O-])nn1CCCC(=O)Cl. The summed E-state index contributed by atoms with van der Waals surface area (Å²) in [5.74, 6) is -0.176. The monoisotopic (exact) mass is 231 g/mol. The summed E-state index contributed by atoms with van der Waals surface area (Å²) in [6.07, 6.45) is 0.774. The molecule has 1 aromatic rings. The number of hydrogen-bond acceptors (Lipinski definition) is 4. The number of hydrogen-bond donors (Lipinski definition) is 0. The molecule has 6 nitrogen and oxygen atoms in total. The molecule has 1 aromatic heterocycles. The molecule has 0 spiro atoms. The largest absolute Gasteiger partial charge is 0.390 e. The van der Waals surface area contributed by atoms with Gasteiger partial charge in [-0.2, -0.15) is 4.68 Å². The first-order valence-electron chi connectivity index (χ1n) is 4.38. The number of carbonyl (C=O) groups excluding carboxylic acids is 1. The lowest BCUT2D eigenvalue weighted by Gasteiger charge is -1.96. The number of aromatic nitrogens is 2. The van der Waals surface area contributed by atoms with Crippen LogP contribution in [0.5, 0.6) is 0 Å². The van der Waals surface area contributed by atoms with Gasteiger partial charge in [0.25, 0.3) is 0 Å². The van der Waals surface area contributed by atoms with Crippen LogP contribution in [0.3, 0.4) is 0 Å². The van der Waals surface area contributed by atoms with Crippen molar-refractivity contribution in [3.63, 3.8) is 0 Å². The zero-order chi connectivity index (χ0) is 11.4. The molecular formula is C8H10ClN3O3. The van der Waals surface area contributed by atoms with Gasteiger partial charge < -0.3 is 10.1 Å². The quantitative estimate of drug-likeness (QED) is 0.438. The summed E-state index contributed by atoms with van der Waals surface area (Å²) in [7, 11) is 0. The Bertz CT molecular complexity index is 388. The number of nitro groups is 1. The zero-order valence-electron chi connectivity index (χ0n) is 8.14. The van der Waals surface area contributed by atoms with Gasteiger partial charge in [-0.25, -0.2) is 0 Å². The molecule has 1 heterocycles. The molecule has 15 heavy (non-hydrogen) atoms. The lowest BCUT2D eigenvalue weighted by Crippen LogP contribution is -2.04. The molecule has 0 radical (unpaired) electrons. The predicted octanol–water partition coefficient (Wildman–Crippen LogP) is 1.65. The molecule has 0 saturated carbocycles. The third-order valence-corrected chi connectivity index (χ3v) is 2.09. The Morgan fingerprint density at radius 2 is 2.40 bits per heavy atom. The van der Waals surface area contributed by atoms with Gasteiger partial charge in [0.2, 0.25) is 5.24 Å². The Kier molecular flexibility index (Phi) is 3.79. The minimum Gasteiger partial charge on any atom is -0.358 e. The summed E-state index contributed by atoms with van der Waals surface area (Å²) in [6, 6.07) is 1.39. The van der Waals surface area contributed by atoms with E-state index in [1.807, 2.05) is 0 Å². The molecular weight excluding hydrogens is 222 g/mol. The van der Waals surface area contributed by atoms with E-state index in [0.717, 1.165) is 0 Å². The second-order valence-corrected chi connectivity index (χ2v) is 3.50. The maximum atomic E-state index is 10.5. The predicted molar refractivity (Wildman–Crippen MR) is 53.7 cm³/mol. The van der Waals surface area contributed by atoms with Crippen LogP contribution in [0.25, 0.3) is 0 Å². The molecule has 0 atom stereocenters. The third-order valence-electron chi connectivity index (χ3n) is 1.90. The average molecular weight is 232 g/mol. The first kappa shape index (κ1) is 11.6. The lowest BCUT2D eigenvalue weighted by molar-refractivity contribution is -0.389. The topological polar surface area (TPSA) is 78.0 Å². The fraction of sp³-hybridized carbons (Fsp3) is 0.500. The molecule has 0 aromatic carbocycles. The molecule has 7 heteroatoms. The molecule has 0 amide bonds. The second kappa shape index (κ2) is 4.88. The smallest absolute Gasteiger partial charge is 0.358 e.